The van der Waals surface area contributed by atoms with Crippen LogP contribution in [0.2, 0.25) is 0 Å². The Kier molecular flexibility index (Phi) is 3.54. The Morgan fingerprint density at radius 2 is 2.00 bits per heavy atom. The quantitative estimate of drug-likeness (QED) is 0.876. The highest BCUT2D eigenvalue weighted by molar-refractivity contribution is 5.27. The van der Waals surface area contributed by atoms with Crippen molar-refractivity contribution >= 4 is 0 Å². The SMILES string of the molecule is CCCn1nncc1C(O)c1ccc(C)cc1. The van der Waals surface area contributed by atoms with Gasteiger partial charge in [-0.15, -0.1) is 5.10 Å². The number of aromatic nitrogens is 3. The van der Waals surface area contributed by atoms with E-state index in [0.717, 1.165) is 24.2 Å². The van der Waals surface area contributed by atoms with Crippen LogP contribution in [0.5, 0.6) is 0 Å². The number of aliphatic hydroxyl groups excluding tert-OH is 1. The molecule has 17 heavy (non-hydrogen) atoms. The topological polar surface area (TPSA) is 50.9 Å². The van der Waals surface area contributed by atoms with E-state index >= 15 is 0 Å². The lowest BCUT2D eigenvalue weighted by molar-refractivity contribution is 0.207. The number of aliphatic hydroxyl groups is 1. The third-order valence-corrected chi connectivity index (χ3v) is 2.76. The van der Waals surface area contributed by atoms with Gasteiger partial charge in [0.25, 0.3) is 0 Å². The van der Waals surface area contributed by atoms with Crippen molar-refractivity contribution in [3.05, 3.63) is 47.3 Å². The van der Waals surface area contributed by atoms with Gasteiger partial charge < -0.3 is 5.11 Å². The second-order valence-electron chi connectivity index (χ2n) is 4.20. The predicted molar refractivity (Wildman–Crippen MR) is 65.6 cm³/mol. The fourth-order valence-corrected chi connectivity index (χ4v) is 1.78. The molecule has 1 atom stereocenters. The zero-order valence-electron chi connectivity index (χ0n) is 10.2. The summed E-state index contributed by atoms with van der Waals surface area (Å²) in [5.41, 5.74) is 2.80. The highest BCUT2D eigenvalue weighted by Gasteiger charge is 2.15. The van der Waals surface area contributed by atoms with Gasteiger partial charge in [-0.05, 0) is 18.9 Å². The summed E-state index contributed by atoms with van der Waals surface area (Å²) in [7, 11) is 0. The van der Waals surface area contributed by atoms with Crippen molar-refractivity contribution in [1.82, 2.24) is 15.0 Å². The molecule has 1 aromatic carbocycles. The molecule has 1 heterocycles. The van der Waals surface area contributed by atoms with Crippen LogP contribution < -0.4 is 0 Å². The maximum Gasteiger partial charge on any atom is 0.122 e. The fourth-order valence-electron chi connectivity index (χ4n) is 1.78. The van der Waals surface area contributed by atoms with Crippen molar-refractivity contribution in [1.29, 1.82) is 0 Å². The lowest BCUT2D eigenvalue weighted by Crippen LogP contribution is -2.10. The monoisotopic (exact) mass is 231 g/mol. The van der Waals surface area contributed by atoms with Gasteiger partial charge in [0.15, 0.2) is 0 Å². The van der Waals surface area contributed by atoms with E-state index in [1.807, 2.05) is 31.2 Å². The van der Waals surface area contributed by atoms with Crippen molar-refractivity contribution in [2.75, 3.05) is 0 Å². The first-order valence-electron chi connectivity index (χ1n) is 5.85. The molecule has 2 aromatic rings. The van der Waals surface area contributed by atoms with Gasteiger partial charge in [-0.25, -0.2) is 4.68 Å². The van der Waals surface area contributed by atoms with Gasteiger partial charge in [-0.2, -0.15) is 0 Å². The molecule has 0 bridgehead atoms. The molecule has 2 rings (SSSR count). The molecule has 1 unspecified atom stereocenters. The first-order chi connectivity index (χ1) is 8.22. The van der Waals surface area contributed by atoms with E-state index in [0.29, 0.717) is 0 Å². The highest BCUT2D eigenvalue weighted by Crippen LogP contribution is 2.21. The molecule has 90 valence electrons. The molecule has 0 aliphatic rings. The number of benzene rings is 1. The number of hydrogen-bond donors (Lipinski definition) is 1. The molecular weight excluding hydrogens is 214 g/mol. The fraction of sp³-hybridized carbons (Fsp3) is 0.385. The zero-order chi connectivity index (χ0) is 12.3. The Bertz CT molecular complexity index is 476. The van der Waals surface area contributed by atoms with Gasteiger partial charge in [0.2, 0.25) is 0 Å². The Labute approximate surface area is 101 Å². The standard InChI is InChI=1S/C13H17N3O/c1-3-8-16-12(9-14-15-16)13(17)11-6-4-10(2)5-7-11/h4-7,9,13,17H,3,8H2,1-2H3. The van der Waals surface area contributed by atoms with Crippen LogP contribution in [0.25, 0.3) is 0 Å². The normalized spacial score (nSPS) is 12.6. The van der Waals surface area contributed by atoms with Crippen LogP contribution in [0, 0.1) is 6.92 Å². The lowest BCUT2D eigenvalue weighted by atomic mass is 10.1. The second-order valence-corrected chi connectivity index (χ2v) is 4.20. The lowest BCUT2D eigenvalue weighted by Gasteiger charge is -2.12. The Balaban J connectivity index is 2.26. The minimum Gasteiger partial charge on any atom is -0.382 e. The maximum absolute atomic E-state index is 10.3. The van der Waals surface area contributed by atoms with Crippen LogP contribution in [0.4, 0.5) is 0 Å². The predicted octanol–water partition coefficient (Wildman–Crippen LogP) is 2.08. The molecule has 4 nitrogen and oxygen atoms in total. The van der Waals surface area contributed by atoms with Gasteiger partial charge >= 0.3 is 0 Å². The van der Waals surface area contributed by atoms with Gasteiger partial charge in [0, 0.05) is 6.54 Å². The highest BCUT2D eigenvalue weighted by atomic mass is 16.3. The van der Waals surface area contributed by atoms with E-state index in [9.17, 15) is 5.11 Å². The zero-order valence-corrected chi connectivity index (χ0v) is 10.2. The van der Waals surface area contributed by atoms with E-state index in [1.54, 1.807) is 10.9 Å². The summed E-state index contributed by atoms with van der Waals surface area (Å²) in [6, 6.07) is 7.85. The van der Waals surface area contributed by atoms with Crippen molar-refractivity contribution in [3.8, 4) is 0 Å². The van der Waals surface area contributed by atoms with Crippen LogP contribution in [0.15, 0.2) is 30.5 Å². The van der Waals surface area contributed by atoms with E-state index < -0.39 is 6.10 Å². The largest absolute Gasteiger partial charge is 0.382 e. The number of nitrogens with zero attached hydrogens (tertiary/aromatic N) is 3. The van der Waals surface area contributed by atoms with Crippen LogP contribution >= 0.6 is 0 Å². The Morgan fingerprint density at radius 3 is 2.65 bits per heavy atom. The van der Waals surface area contributed by atoms with Crippen LogP contribution in [0.1, 0.15) is 36.3 Å². The minimum atomic E-state index is -0.655. The molecular formula is C13H17N3O. The van der Waals surface area contributed by atoms with Gasteiger partial charge in [-0.3, -0.25) is 0 Å². The first-order valence-corrected chi connectivity index (χ1v) is 5.85. The van der Waals surface area contributed by atoms with Crippen LogP contribution in [-0.2, 0) is 6.54 Å². The maximum atomic E-state index is 10.3. The smallest absolute Gasteiger partial charge is 0.122 e. The molecule has 0 spiro atoms. The molecule has 0 radical (unpaired) electrons. The number of aryl methyl sites for hydroxylation is 2. The van der Waals surface area contributed by atoms with E-state index in [1.165, 1.54) is 5.56 Å². The van der Waals surface area contributed by atoms with Gasteiger partial charge in [0.05, 0.1) is 11.9 Å². The Morgan fingerprint density at radius 1 is 1.29 bits per heavy atom. The van der Waals surface area contributed by atoms with Crippen molar-refractivity contribution in [2.45, 2.75) is 32.9 Å². The summed E-state index contributed by atoms with van der Waals surface area (Å²) in [4.78, 5) is 0. The molecule has 0 saturated heterocycles. The number of hydrogen-bond acceptors (Lipinski definition) is 3. The third-order valence-electron chi connectivity index (χ3n) is 2.76. The molecule has 4 heteroatoms. The average molecular weight is 231 g/mol. The third kappa shape index (κ3) is 2.53. The summed E-state index contributed by atoms with van der Waals surface area (Å²) < 4.78 is 1.75. The van der Waals surface area contributed by atoms with Gasteiger partial charge in [0.1, 0.15) is 6.10 Å². The van der Waals surface area contributed by atoms with Crippen LogP contribution in [-0.4, -0.2) is 20.1 Å². The van der Waals surface area contributed by atoms with Crippen LogP contribution in [0.3, 0.4) is 0 Å². The van der Waals surface area contributed by atoms with Crippen molar-refractivity contribution in [3.63, 3.8) is 0 Å². The van der Waals surface area contributed by atoms with Gasteiger partial charge in [-0.1, -0.05) is 42.0 Å². The van der Waals surface area contributed by atoms with E-state index in [4.69, 9.17) is 0 Å². The summed E-state index contributed by atoms with van der Waals surface area (Å²) in [5.74, 6) is 0. The summed E-state index contributed by atoms with van der Waals surface area (Å²) in [6.07, 6.45) is 1.94. The molecule has 0 saturated carbocycles. The summed E-state index contributed by atoms with van der Waals surface area (Å²) >= 11 is 0. The molecule has 0 amide bonds. The molecule has 0 aliphatic heterocycles. The van der Waals surface area contributed by atoms with E-state index in [-0.39, 0.29) is 0 Å². The molecule has 0 fully saturated rings. The molecule has 0 aliphatic carbocycles. The number of rotatable bonds is 4. The first kappa shape index (κ1) is 11.8. The molecule has 1 aromatic heterocycles. The molecule has 1 N–H and O–H groups in total. The van der Waals surface area contributed by atoms with Crippen molar-refractivity contribution < 1.29 is 5.11 Å². The average Bonchev–Trinajstić information content (AvgIpc) is 2.78. The second kappa shape index (κ2) is 5.10. The summed E-state index contributed by atoms with van der Waals surface area (Å²) in [6.45, 7) is 4.88. The Hall–Kier alpha value is -1.68. The van der Waals surface area contributed by atoms with E-state index in [2.05, 4.69) is 17.2 Å². The van der Waals surface area contributed by atoms with Crippen molar-refractivity contribution in [2.24, 2.45) is 0 Å². The minimum absolute atomic E-state index is 0.655. The summed E-state index contributed by atoms with van der Waals surface area (Å²) in [5, 5.41) is 18.1.